The van der Waals surface area contributed by atoms with Crippen LogP contribution in [-0.2, 0) is 0 Å². The van der Waals surface area contributed by atoms with Crippen molar-refractivity contribution in [3.05, 3.63) is 70.7 Å². The molecule has 41 heavy (non-hydrogen) atoms. The van der Waals surface area contributed by atoms with E-state index >= 15 is 0 Å². The van der Waals surface area contributed by atoms with Gasteiger partial charge in [-0.25, -0.2) is 9.97 Å². The van der Waals surface area contributed by atoms with E-state index in [4.69, 9.17) is 21.1 Å². The molecule has 6 rings (SSSR count). The van der Waals surface area contributed by atoms with Gasteiger partial charge in [-0.05, 0) is 75.6 Å². The molecule has 0 aliphatic carbocycles. The third kappa shape index (κ3) is 8.07. The van der Waals surface area contributed by atoms with Gasteiger partial charge < -0.3 is 19.7 Å². The molecular weight excluding hydrogens is 576 g/mol. The van der Waals surface area contributed by atoms with Gasteiger partial charge in [0.25, 0.3) is 0 Å². The summed E-state index contributed by atoms with van der Waals surface area (Å²) in [6.45, 7) is 7.54. The molecule has 4 heterocycles. The first-order valence-corrected chi connectivity index (χ1v) is 16.1. The van der Waals surface area contributed by atoms with E-state index in [0.717, 1.165) is 71.4 Å². The van der Waals surface area contributed by atoms with Crippen LogP contribution >= 0.6 is 34.3 Å². The van der Waals surface area contributed by atoms with Gasteiger partial charge in [0.2, 0.25) is 0 Å². The molecule has 0 radical (unpaired) electrons. The lowest BCUT2D eigenvalue weighted by atomic mass is 10.1. The van der Waals surface area contributed by atoms with Crippen LogP contribution in [0.3, 0.4) is 0 Å². The molecule has 2 aliphatic heterocycles. The lowest BCUT2D eigenvalue weighted by Crippen LogP contribution is -2.39. The summed E-state index contributed by atoms with van der Waals surface area (Å²) in [4.78, 5) is 21.6. The summed E-state index contributed by atoms with van der Waals surface area (Å²) in [5.74, 6) is 1.82. The largest absolute Gasteiger partial charge is 0.490 e. The van der Waals surface area contributed by atoms with Crippen molar-refractivity contribution < 1.29 is 14.3 Å². The lowest BCUT2D eigenvalue weighted by Gasteiger charge is -2.31. The van der Waals surface area contributed by atoms with Crippen LogP contribution < -0.4 is 14.8 Å². The number of likely N-dealkylation sites (tertiary alicyclic amines) is 1. The van der Waals surface area contributed by atoms with Gasteiger partial charge in [0.05, 0.1) is 11.1 Å². The lowest BCUT2D eigenvalue weighted by molar-refractivity contribution is 0.119. The van der Waals surface area contributed by atoms with E-state index in [1.54, 1.807) is 33.8 Å². The Bertz CT molecular complexity index is 1400. The maximum atomic E-state index is 11.2. The molecule has 0 saturated carbocycles. The molecule has 2 saturated heterocycles. The number of aromatic nitrogens is 2. The van der Waals surface area contributed by atoms with Crippen molar-refractivity contribution in [2.75, 3.05) is 26.2 Å². The predicted molar refractivity (Wildman–Crippen MR) is 168 cm³/mol. The van der Waals surface area contributed by atoms with E-state index in [-0.39, 0.29) is 11.5 Å². The number of halogens is 1. The normalized spacial score (nSPS) is 16.1. The summed E-state index contributed by atoms with van der Waals surface area (Å²) < 4.78 is 12.4. The SMILES string of the molecule is Cc1ccc(OC2CCN(C(=O)Cl)CC2)c(-c2nccs2)c1.Cc1ccc(OC2CCNCC2)c(-c2nccs2)c1. The van der Waals surface area contributed by atoms with Crippen LogP contribution in [0.4, 0.5) is 4.79 Å². The smallest absolute Gasteiger partial charge is 0.316 e. The van der Waals surface area contributed by atoms with Gasteiger partial charge >= 0.3 is 5.37 Å². The predicted octanol–water partition coefficient (Wildman–Crippen LogP) is 7.57. The Morgan fingerprint density at radius 2 is 1.32 bits per heavy atom. The van der Waals surface area contributed by atoms with Crippen LogP contribution in [0.2, 0.25) is 0 Å². The van der Waals surface area contributed by atoms with Crippen LogP contribution in [0, 0.1) is 13.8 Å². The Morgan fingerprint density at radius 3 is 1.76 bits per heavy atom. The molecule has 0 bridgehead atoms. The van der Waals surface area contributed by atoms with E-state index in [2.05, 4.69) is 53.4 Å². The number of hydrogen-bond donors (Lipinski definition) is 1. The molecule has 0 unspecified atom stereocenters. The number of amides is 1. The van der Waals surface area contributed by atoms with E-state index in [9.17, 15) is 4.79 Å². The van der Waals surface area contributed by atoms with Crippen LogP contribution in [0.1, 0.15) is 36.8 Å². The first-order valence-electron chi connectivity index (χ1n) is 14.0. The van der Waals surface area contributed by atoms with Crippen molar-refractivity contribution in [1.82, 2.24) is 20.2 Å². The monoisotopic (exact) mass is 610 g/mol. The Labute approximate surface area is 254 Å². The number of thiazole rings is 2. The number of rotatable bonds is 6. The topological polar surface area (TPSA) is 76.6 Å². The minimum absolute atomic E-state index is 0.105. The highest BCUT2D eigenvalue weighted by molar-refractivity contribution is 7.13. The fourth-order valence-electron chi connectivity index (χ4n) is 4.96. The Morgan fingerprint density at radius 1 is 0.829 bits per heavy atom. The van der Waals surface area contributed by atoms with Crippen LogP contribution in [0.15, 0.2) is 59.6 Å². The minimum atomic E-state index is -0.378. The second-order valence-corrected chi connectivity index (χ2v) is 12.4. The second-order valence-electron chi connectivity index (χ2n) is 10.3. The molecule has 4 aromatic rings. The molecule has 2 aliphatic rings. The van der Waals surface area contributed by atoms with Gasteiger partial charge in [-0.3, -0.25) is 4.79 Å². The van der Waals surface area contributed by atoms with Crippen molar-refractivity contribution in [1.29, 1.82) is 0 Å². The van der Waals surface area contributed by atoms with Gasteiger partial charge in [0.15, 0.2) is 0 Å². The molecule has 0 spiro atoms. The highest BCUT2D eigenvalue weighted by atomic mass is 35.5. The third-order valence-corrected chi connectivity index (χ3v) is 9.01. The molecule has 10 heteroatoms. The average Bonchev–Trinajstić information content (AvgIpc) is 3.72. The summed E-state index contributed by atoms with van der Waals surface area (Å²) >= 11 is 8.78. The molecule has 2 fully saturated rings. The standard InChI is InChI=1S/C16H17ClN2O2S.C15H18N2OS/c1-11-2-3-14(13(10-11)15-18-6-9-22-15)21-12-4-7-19(8-5-12)16(17)20;1-11-2-3-14(18-12-4-6-16-7-5-12)13(10-11)15-17-8-9-19-15/h2-3,6,9-10,12H,4-5,7-8H2,1H3;2-3,8-10,12,16H,4-7H2,1H3. The molecule has 216 valence electrons. The number of piperidine rings is 2. The summed E-state index contributed by atoms with van der Waals surface area (Å²) in [5.41, 5.74) is 4.57. The first kappa shape index (κ1) is 29.5. The van der Waals surface area contributed by atoms with Crippen LogP contribution in [-0.4, -0.2) is 58.6 Å². The second kappa shape index (κ2) is 14.3. The van der Waals surface area contributed by atoms with Crippen molar-refractivity contribution in [2.45, 2.75) is 51.7 Å². The Hall–Kier alpha value is -2.98. The molecule has 0 atom stereocenters. The zero-order valence-electron chi connectivity index (χ0n) is 23.3. The van der Waals surface area contributed by atoms with E-state index in [1.165, 1.54) is 11.1 Å². The Kier molecular flexibility index (Phi) is 10.3. The summed E-state index contributed by atoms with van der Waals surface area (Å²) in [6.07, 6.45) is 7.81. The zero-order chi connectivity index (χ0) is 28.6. The van der Waals surface area contributed by atoms with Gasteiger partial charge in [-0.2, -0.15) is 0 Å². The number of carbonyl (C=O) groups excluding carboxylic acids is 1. The van der Waals surface area contributed by atoms with Gasteiger partial charge in [-0.15, -0.1) is 22.7 Å². The van der Waals surface area contributed by atoms with Gasteiger partial charge in [-0.1, -0.05) is 23.3 Å². The number of benzene rings is 2. The van der Waals surface area contributed by atoms with Gasteiger partial charge in [0.1, 0.15) is 33.7 Å². The highest BCUT2D eigenvalue weighted by Gasteiger charge is 2.24. The number of ether oxygens (including phenoxy) is 2. The van der Waals surface area contributed by atoms with Crippen LogP contribution in [0.5, 0.6) is 11.5 Å². The quantitative estimate of drug-likeness (QED) is 0.179. The van der Waals surface area contributed by atoms with E-state index in [0.29, 0.717) is 19.2 Å². The maximum Gasteiger partial charge on any atom is 0.316 e. The highest BCUT2D eigenvalue weighted by Crippen LogP contribution is 2.35. The molecule has 2 aromatic heterocycles. The molecule has 7 nitrogen and oxygen atoms in total. The zero-order valence-corrected chi connectivity index (χ0v) is 25.7. The minimum Gasteiger partial charge on any atom is -0.490 e. The number of aryl methyl sites for hydroxylation is 2. The molecule has 1 amide bonds. The van der Waals surface area contributed by atoms with Gasteiger partial charge in [0, 0.05) is 49.1 Å². The van der Waals surface area contributed by atoms with E-state index in [1.807, 2.05) is 29.1 Å². The molecular formula is C31H35ClN4O3S2. The van der Waals surface area contributed by atoms with E-state index < -0.39 is 0 Å². The molecule has 2 aromatic carbocycles. The average molecular weight is 611 g/mol. The number of carbonyl (C=O) groups is 1. The number of hydrogen-bond acceptors (Lipinski definition) is 8. The third-order valence-electron chi connectivity index (χ3n) is 7.16. The fourth-order valence-corrected chi connectivity index (χ4v) is 6.45. The van der Waals surface area contributed by atoms with Crippen molar-refractivity contribution in [2.24, 2.45) is 0 Å². The number of nitrogens with zero attached hydrogens (tertiary/aromatic N) is 3. The summed E-state index contributed by atoms with van der Waals surface area (Å²) in [5, 5.41) is 8.95. The van der Waals surface area contributed by atoms with Crippen molar-refractivity contribution in [3.8, 4) is 32.6 Å². The fraction of sp³-hybridized carbons (Fsp3) is 0.387. The summed E-state index contributed by atoms with van der Waals surface area (Å²) in [7, 11) is 0. The maximum absolute atomic E-state index is 11.2. The van der Waals surface area contributed by atoms with Crippen molar-refractivity contribution in [3.63, 3.8) is 0 Å². The number of nitrogens with one attached hydrogen (secondary N) is 1. The van der Waals surface area contributed by atoms with Crippen molar-refractivity contribution >= 4 is 39.6 Å². The summed E-state index contributed by atoms with van der Waals surface area (Å²) in [6, 6.07) is 12.5. The van der Waals surface area contributed by atoms with Crippen LogP contribution in [0.25, 0.3) is 21.1 Å². The Balaban J connectivity index is 0.000000166. The molecule has 1 N–H and O–H groups in total. The first-order chi connectivity index (χ1) is 20.0.